The maximum atomic E-state index is 16.2. The quantitative estimate of drug-likeness (QED) is 0.348. The van der Waals surface area contributed by atoms with Gasteiger partial charge in [0, 0.05) is 43.2 Å². The molecule has 0 atom stereocenters. The zero-order valence-electron chi connectivity index (χ0n) is 23.4. The number of phenolic OH excluding ortho intramolecular Hbond substituents is 1. The fourth-order valence-electron chi connectivity index (χ4n) is 6.09. The zero-order chi connectivity index (χ0) is 29.4. The Balaban J connectivity index is 1.31. The molecule has 222 valence electrons. The number of ether oxygens (including phenoxy) is 1. The van der Waals surface area contributed by atoms with E-state index in [4.69, 9.17) is 16.3 Å². The number of hydrogen-bond acceptors (Lipinski definition) is 7. The van der Waals surface area contributed by atoms with Crippen molar-refractivity contribution >= 4 is 34.2 Å². The highest BCUT2D eigenvalue weighted by Gasteiger charge is 2.32. The molecule has 8 nitrogen and oxygen atoms in total. The first-order chi connectivity index (χ1) is 20.3. The van der Waals surface area contributed by atoms with Gasteiger partial charge in [-0.05, 0) is 75.4 Å². The average molecular weight is 598 g/mol. The molecule has 1 aromatic heterocycles. The van der Waals surface area contributed by atoms with Crippen LogP contribution in [0.1, 0.15) is 32.1 Å². The molecule has 1 amide bonds. The van der Waals surface area contributed by atoms with E-state index in [2.05, 4.69) is 21.4 Å². The van der Waals surface area contributed by atoms with Crippen molar-refractivity contribution in [1.82, 2.24) is 19.8 Å². The molecule has 2 saturated heterocycles. The summed E-state index contributed by atoms with van der Waals surface area (Å²) in [5.74, 6) is -1.31. The summed E-state index contributed by atoms with van der Waals surface area (Å²) in [5, 5.41) is 10.6. The van der Waals surface area contributed by atoms with Crippen LogP contribution < -0.4 is 9.64 Å². The number of rotatable bonds is 8. The van der Waals surface area contributed by atoms with Crippen LogP contribution in [0, 0.1) is 17.6 Å². The summed E-state index contributed by atoms with van der Waals surface area (Å²) in [6.07, 6.45) is 7.01. The van der Waals surface area contributed by atoms with Crippen LogP contribution in [0.25, 0.3) is 22.0 Å². The lowest BCUT2D eigenvalue weighted by Gasteiger charge is -2.35. The molecule has 3 fully saturated rings. The molecule has 42 heavy (non-hydrogen) atoms. The first-order valence-electron chi connectivity index (χ1n) is 14.5. The van der Waals surface area contributed by atoms with E-state index in [0.717, 1.165) is 44.5 Å². The molecule has 11 heteroatoms. The van der Waals surface area contributed by atoms with E-state index in [9.17, 15) is 14.3 Å². The number of phenols is 1. The number of carbonyl (C=O) groups excluding carboxylic acids is 1. The van der Waals surface area contributed by atoms with Crippen LogP contribution in [-0.2, 0) is 4.79 Å². The van der Waals surface area contributed by atoms with Gasteiger partial charge in [-0.2, -0.15) is 9.97 Å². The van der Waals surface area contributed by atoms with Crippen molar-refractivity contribution in [3.05, 3.63) is 53.6 Å². The first kappa shape index (κ1) is 28.6. The molecule has 3 heterocycles. The van der Waals surface area contributed by atoms with Crippen LogP contribution in [0.4, 0.5) is 14.6 Å². The fraction of sp³-hybridized carbons (Fsp3) is 0.452. The molecule has 1 N–H and O–H groups in total. The van der Waals surface area contributed by atoms with Gasteiger partial charge in [-0.15, -0.1) is 0 Å². The highest BCUT2D eigenvalue weighted by atomic mass is 35.5. The monoisotopic (exact) mass is 597 g/mol. The third-order valence-electron chi connectivity index (χ3n) is 8.62. The van der Waals surface area contributed by atoms with Crippen molar-refractivity contribution < 1.29 is 23.4 Å². The average Bonchev–Trinajstić information content (AvgIpc) is 3.84. The second kappa shape index (κ2) is 12.0. The predicted molar refractivity (Wildman–Crippen MR) is 158 cm³/mol. The number of hydrogen-bond donors (Lipinski definition) is 1. The largest absolute Gasteiger partial charge is 0.507 e. The summed E-state index contributed by atoms with van der Waals surface area (Å²) in [4.78, 5) is 27.4. The normalized spacial score (nSPS) is 18.5. The number of likely N-dealkylation sites (tertiary alicyclic amines) is 1. The Morgan fingerprint density at radius 3 is 2.48 bits per heavy atom. The van der Waals surface area contributed by atoms with E-state index in [1.54, 1.807) is 4.90 Å². The van der Waals surface area contributed by atoms with Crippen molar-refractivity contribution in [3.8, 4) is 22.9 Å². The van der Waals surface area contributed by atoms with Crippen molar-refractivity contribution in [2.45, 2.75) is 38.1 Å². The molecule has 2 aromatic carbocycles. The van der Waals surface area contributed by atoms with Gasteiger partial charge in [0.2, 0.25) is 5.91 Å². The smallest absolute Gasteiger partial charge is 0.319 e. The number of benzene rings is 2. The van der Waals surface area contributed by atoms with E-state index in [1.807, 2.05) is 4.90 Å². The number of aromatic hydroxyl groups is 1. The molecular weight excluding hydrogens is 564 g/mol. The van der Waals surface area contributed by atoms with Gasteiger partial charge in [0.05, 0.1) is 17.2 Å². The minimum Gasteiger partial charge on any atom is -0.507 e. The summed E-state index contributed by atoms with van der Waals surface area (Å²) in [6.45, 7) is 7.93. The van der Waals surface area contributed by atoms with Crippen LogP contribution in [0.15, 0.2) is 36.9 Å². The number of carbonyl (C=O) groups is 1. The topological polar surface area (TPSA) is 82.0 Å². The molecule has 3 aliphatic rings. The third-order valence-corrected chi connectivity index (χ3v) is 8.92. The first-order valence-corrected chi connectivity index (χ1v) is 14.9. The summed E-state index contributed by atoms with van der Waals surface area (Å²) in [7, 11) is 0. The molecule has 3 aromatic rings. The van der Waals surface area contributed by atoms with E-state index in [-0.39, 0.29) is 33.6 Å². The molecule has 1 aliphatic carbocycles. The lowest BCUT2D eigenvalue weighted by Crippen LogP contribution is -2.48. The van der Waals surface area contributed by atoms with Crippen molar-refractivity contribution in [2.24, 2.45) is 5.92 Å². The number of aromatic nitrogens is 2. The van der Waals surface area contributed by atoms with Gasteiger partial charge in [-0.1, -0.05) is 24.2 Å². The Bertz CT molecular complexity index is 1480. The predicted octanol–water partition coefficient (Wildman–Crippen LogP) is 5.41. The van der Waals surface area contributed by atoms with Gasteiger partial charge in [-0.3, -0.25) is 4.79 Å². The standard InChI is InChI=1S/C31H34ClF2N5O3/c1-2-25(41)38-13-15-39(16-14-38)30-21-18-22(32)26(27-23(33)4-3-5-24(27)40)28(34)29(21)35-31(36-30)42-17-10-19-8-11-37(12-9-19)20-6-7-20/h2-5,18-20,40H,1,6-17H2. The highest BCUT2D eigenvalue weighted by molar-refractivity contribution is 6.34. The fourth-order valence-corrected chi connectivity index (χ4v) is 6.37. The summed E-state index contributed by atoms with van der Waals surface area (Å²) in [5.41, 5.74) is -0.697. The van der Waals surface area contributed by atoms with E-state index < -0.39 is 17.4 Å². The van der Waals surface area contributed by atoms with Crippen molar-refractivity contribution in [3.63, 3.8) is 0 Å². The van der Waals surface area contributed by atoms with Gasteiger partial charge in [-0.25, -0.2) is 8.78 Å². The van der Waals surface area contributed by atoms with E-state index in [0.29, 0.717) is 49.9 Å². The van der Waals surface area contributed by atoms with Gasteiger partial charge in [0.25, 0.3) is 0 Å². The molecule has 1 saturated carbocycles. The zero-order valence-corrected chi connectivity index (χ0v) is 24.1. The highest BCUT2D eigenvalue weighted by Crippen LogP contribution is 2.43. The van der Waals surface area contributed by atoms with Crippen molar-refractivity contribution in [2.75, 3.05) is 50.8 Å². The van der Waals surface area contributed by atoms with Gasteiger partial charge >= 0.3 is 6.01 Å². The lowest BCUT2D eigenvalue weighted by molar-refractivity contribution is -0.126. The van der Waals surface area contributed by atoms with Crippen LogP contribution in [0.2, 0.25) is 5.02 Å². The van der Waals surface area contributed by atoms with E-state index in [1.165, 1.54) is 37.1 Å². The van der Waals surface area contributed by atoms with Crippen LogP contribution in [-0.4, -0.2) is 82.7 Å². The van der Waals surface area contributed by atoms with Gasteiger partial charge in [0.15, 0.2) is 5.82 Å². The second-order valence-corrected chi connectivity index (χ2v) is 11.7. The maximum Gasteiger partial charge on any atom is 0.319 e. The Morgan fingerprint density at radius 1 is 1.07 bits per heavy atom. The Kier molecular flexibility index (Phi) is 8.18. The maximum absolute atomic E-state index is 16.2. The second-order valence-electron chi connectivity index (χ2n) is 11.3. The Labute approximate surface area is 248 Å². The molecule has 2 aliphatic heterocycles. The minimum atomic E-state index is -0.876. The SMILES string of the molecule is C=CC(=O)N1CCN(c2nc(OCCC3CCN(C4CC4)CC3)nc3c(F)c(-c4c(O)cccc4F)c(Cl)cc23)CC1. The third kappa shape index (κ3) is 5.74. The molecule has 0 bridgehead atoms. The van der Waals surface area contributed by atoms with Gasteiger partial charge in [0.1, 0.15) is 22.9 Å². The lowest BCUT2D eigenvalue weighted by atomic mass is 9.94. The molecular formula is C31H34ClF2N5O3. The number of halogens is 3. The summed E-state index contributed by atoms with van der Waals surface area (Å²) >= 11 is 6.53. The molecule has 0 radical (unpaired) electrons. The van der Waals surface area contributed by atoms with Crippen LogP contribution in [0.3, 0.4) is 0 Å². The van der Waals surface area contributed by atoms with Crippen molar-refractivity contribution in [1.29, 1.82) is 0 Å². The number of piperidine rings is 1. The van der Waals surface area contributed by atoms with E-state index >= 15 is 4.39 Å². The minimum absolute atomic E-state index is 0.0161. The van der Waals surface area contributed by atoms with Crippen LogP contribution >= 0.6 is 11.6 Å². The molecule has 0 unspecified atom stereocenters. The Morgan fingerprint density at radius 2 is 1.81 bits per heavy atom. The molecule has 6 rings (SSSR count). The molecule has 0 spiro atoms. The number of amides is 1. The summed E-state index contributed by atoms with van der Waals surface area (Å²) in [6, 6.07) is 6.03. The number of fused-ring (bicyclic) bond motifs is 1. The van der Waals surface area contributed by atoms with Gasteiger partial charge < -0.3 is 24.5 Å². The number of piperazine rings is 1. The Hall–Kier alpha value is -3.50. The summed E-state index contributed by atoms with van der Waals surface area (Å²) < 4.78 is 37.1. The number of nitrogens with zero attached hydrogens (tertiary/aromatic N) is 5. The van der Waals surface area contributed by atoms with Crippen LogP contribution in [0.5, 0.6) is 11.8 Å². The number of anilines is 1.